The maximum atomic E-state index is 12.3. The Morgan fingerprint density at radius 2 is 1.90 bits per heavy atom. The lowest BCUT2D eigenvalue weighted by Crippen LogP contribution is -2.39. The molecule has 0 radical (unpaired) electrons. The van der Waals surface area contributed by atoms with Crippen molar-refractivity contribution >= 4 is 33.0 Å². The molecule has 0 saturated heterocycles. The van der Waals surface area contributed by atoms with E-state index in [1.807, 2.05) is 13.0 Å². The van der Waals surface area contributed by atoms with E-state index in [9.17, 15) is 23.3 Å². The number of hydrogen-bond acceptors (Lipinski definition) is 6. The molecule has 0 saturated carbocycles. The number of hydrazone groups is 1. The van der Waals surface area contributed by atoms with E-state index < -0.39 is 27.4 Å². The molecule has 2 rings (SSSR count). The summed E-state index contributed by atoms with van der Waals surface area (Å²) in [5, 5.41) is 14.8. The van der Waals surface area contributed by atoms with Crippen molar-refractivity contribution in [2.45, 2.75) is 20.8 Å². The highest BCUT2D eigenvalue weighted by Crippen LogP contribution is 2.23. The molecular weight excluding hydrogens is 396 g/mol. The molecule has 0 aromatic heterocycles. The average Bonchev–Trinajstić information content (AvgIpc) is 2.64. The molecular formula is C19H22N4O5S. The largest absolute Gasteiger partial charge is 0.271 e. The molecule has 1 N–H and O–H groups in total. The summed E-state index contributed by atoms with van der Waals surface area (Å²) in [5.41, 5.74) is 5.13. The maximum Gasteiger partial charge on any atom is 0.270 e. The van der Waals surface area contributed by atoms with Crippen LogP contribution < -0.4 is 9.73 Å². The number of nitro groups is 1. The number of nitro benzene ring substituents is 1. The number of hydrogen-bond donors (Lipinski definition) is 1. The summed E-state index contributed by atoms with van der Waals surface area (Å²) in [6.07, 6.45) is 1.02. The van der Waals surface area contributed by atoms with Crippen molar-refractivity contribution in [1.82, 2.24) is 5.43 Å². The lowest BCUT2D eigenvalue weighted by molar-refractivity contribution is -0.384. The third-order valence-electron chi connectivity index (χ3n) is 4.13. The fourth-order valence-corrected chi connectivity index (χ4v) is 3.60. The molecule has 0 atom stereocenters. The smallest absolute Gasteiger partial charge is 0.270 e. The highest BCUT2D eigenvalue weighted by atomic mass is 32.2. The number of non-ortho nitro benzene ring substituents is 1. The Morgan fingerprint density at radius 1 is 1.21 bits per heavy atom. The van der Waals surface area contributed by atoms with E-state index in [4.69, 9.17) is 0 Å². The molecule has 9 nitrogen and oxygen atoms in total. The lowest BCUT2D eigenvalue weighted by atomic mass is 10.1. The van der Waals surface area contributed by atoms with Gasteiger partial charge in [0.25, 0.3) is 11.6 Å². The molecule has 0 heterocycles. The first kappa shape index (κ1) is 22.0. The van der Waals surface area contributed by atoms with Gasteiger partial charge in [-0.1, -0.05) is 29.8 Å². The number of sulfonamides is 1. The Balaban J connectivity index is 2.19. The van der Waals surface area contributed by atoms with Crippen molar-refractivity contribution in [2.75, 3.05) is 17.1 Å². The molecule has 0 spiro atoms. The minimum Gasteiger partial charge on any atom is -0.271 e. The molecule has 0 aliphatic heterocycles. The van der Waals surface area contributed by atoms with Gasteiger partial charge in [-0.25, -0.2) is 13.8 Å². The summed E-state index contributed by atoms with van der Waals surface area (Å²) in [5.74, 6) is -0.639. The van der Waals surface area contributed by atoms with Gasteiger partial charge >= 0.3 is 0 Å². The van der Waals surface area contributed by atoms with Crippen LogP contribution in [0, 0.1) is 24.0 Å². The average molecular weight is 418 g/mol. The number of benzene rings is 2. The fourth-order valence-electron chi connectivity index (χ4n) is 2.69. The quantitative estimate of drug-likeness (QED) is 0.421. The predicted octanol–water partition coefficient (Wildman–Crippen LogP) is 2.52. The van der Waals surface area contributed by atoms with Crippen molar-refractivity contribution in [2.24, 2.45) is 5.10 Å². The highest BCUT2D eigenvalue weighted by Gasteiger charge is 2.22. The van der Waals surface area contributed by atoms with Crippen molar-refractivity contribution in [3.05, 3.63) is 69.3 Å². The second-order valence-corrected chi connectivity index (χ2v) is 8.51. The van der Waals surface area contributed by atoms with Gasteiger partial charge in [-0.05, 0) is 32.4 Å². The first-order chi connectivity index (χ1) is 13.5. The van der Waals surface area contributed by atoms with Crippen LogP contribution in [0.1, 0.15) is 23.6 Å². The molecule has 0 unspecified atom stereocenters. The lowest BCUT2D eigenvalue weighted by Gasteiger charge is -2.23. The summed E-state index contributed by atoms with van der Waals surface area (Å²) < 4.78 is 25.4. The molecule has 29 heavy (non-hydrogen) atoms. The summed E-state index contributed by atoms with van der Waals surface area (Å²) in [6.45, 7) is 4.79. The fraction of sp³-hybridized carbons (Fsp3) is 0.263. The second kappa shape index (κ2) is 8.82. The Kier molecular flexibility index (Phi) is 6.70. The Bertz CT molecular complexity index is 1080. The van der Waals surface area contributed by atoms with Gasteiger partial charge in [0.1, 0.15) is 6.54 Å². The zero-order chi connectivity index (χ0) is 21.8. The van der Waals surface area contributed by atoms with Gasteiger partial charge in [-0.3, -0.25) is 19.2 Å². The van der Waals surface area contributed by atoms with E-state index in [0.29, 0.717) is 17.0 Å². The van der Waals surface area contributed by atoms with Crippen molar-refractivity contribution in [1.29, 1.82) is 0 Å². The molecule has 0 fully saturated rings. The molecule has 2 aromatic carbocycles. The summed E-state index contributed by atoms with van der Waals surface area (Å²) >= 11 is 0. The van der Waals surface area contributed by atoms with Crippen molar-refractivity contribution < 1.29 is 18.1 Å². The molecule has 0 aliphatic rings. The zero-order valence-corrected chi connectivity index (χ0v) is 17.4. The van der Waals surface area contributed by atoms with E-state index in [2.05, 4.69) is 10.5 Å². The Labute approximate surface area is 169 Å². The SMILES string of the molecule is C/C(=N/NC(=O)CN(c1ccc(C)cc1C)S(C)(=O)=O)c1cccc([N+](=O)[O-])c1. The standard InChI is InChI=1S/C19H22N4O5S/c1-13-8-9-18(14(2)10-13)22(29(4,27)28)12-19(24)21-20-15(3)16-6-5-7-17(11-16)23(25)26/h5-11H,12H2,1-4H3,(H,21,24)/b20-15-. The van der Waals surface area contributed by atoms with Gasteiger partial charge in [0.05, 0.1) is 22.6 Å². The van der Waals surface area contributed by atoms with E-state index in [1.165, 1.54) is 18.2 Å². The van der Waals surface area contributed by atoms with Crippen LogP contribution in [0.4, 0.5) is 11.4 Å². The van der Waals surface area contributed by atoms with Gasteiger partial charge in [-0.15, -0.1) is 0 Å². The van der Waals surface area contributed by atoms with Crippen LogP contribution >= 0.6 is 0 Å². The number of nitrogens with zero attached hydrogens (tertiary/aromatic N) is 3. The van der Waals surface area contributed by atoms with Crippen LogP contribution in [-0.4, -0.2) is 37.8 Å². The van der Waals surface area contributed by atoms with Gasteiger partial charge in [0, 0.05) is 17.7 Å². The maximum absolute atomic E-state index is 12.3. The molecule has 0 bridgehead atoms. The van der Waals surface area contributed by atoms with Crippen LogP contribution in [0.15, 0.2) is 47.6 Å². The van der Waals surface area contributed by atoms with Crippen molar-refractivity contribution in [3.63, 3.8) is 0 Å². The van der Waals surface area contributed by atoms with Gasteiger partial charge in [0.2, 0.25) is 10.0 Å². The Hall–Kier alpha value is -3.27. The number of nitrogens with one attached hydrogen (secondary N) is 1. The molecule has 2 aromatic rings. The van der Waals surface area contributed by atoms with Crippen LogP contribution in [-0.2, 0) is 14.8 Å². The first-order valence-electron chi connectivity index (χ1n) is 8.62. The van der Waals surface area contributed by atoms with Crippen LogP contribution in [0.25, 0.3) is 0 Å². The van der Waals surface area contributed by atoms with E-state index in [-0.39, 0.29) is 5.69 Å². The molecule has 1 amide bonds. The van der Waals surface area contributed by atoms with Crippen molar-refractivity contribution in [3.8, 4) is 0 Å². The number of anilines is 1. The zero-order valence-electron chi connectivity index (χ0n) is 16.5. The van der Waals surface area contributed by atoms with Crippen LogP contribution in [0.2, 0.25) is 0 Å². The topological polar surface area (TPSA) is 122 Å². The number of amides is 1. The monoisotopic (exact) mass is 418 g/mol. The highest BCUT2D eigenvalue weighted by molar-refractivity contribution is 7.92. The minimum absolute atomic E-state index is 0.0959. The van der Waals surface area contributed by atoms with Crippen LogP contribution in [0.5, 0.6) is 0 Å². The molecule has 154 valence electrons. The minimum atomic E-state index is -3.71. The summed E-state index contributed by atoms with van der Waals surface area (Å²) in [6, 6.07) is 11.1. The van der Waals surface area contributed by atoms with E-state index in [1.54, 1.807) is 32.0 Å². The third kappa shape index (κ3) is 5.85. The second-order valence-electron chi connectivity index (χ2n) is 6.60. The van der Waals surface area contributed by atoms with Crippen LogP contribution in [0.3, 0.4) is 0 Å². The summed E-state index contributed by atoms with van der Waals surface area (Å²) in [4.78, 5) is 22.7. The molecule has 10 heteroatoms. The van der Waals surface area contributed by atoms with Gasteiger partial charge < -0.3 is 0 Å². The predicted molar refractivity (Wildman–Crippen MR) is 112 cm³/mol. The number of aryl methyl sites for hydroxylation is 2. The normalized spacial score (nSPS) is 11.8. The first-order valence-corrected chi connectivity index (χ1v) is 10.5. The number of carbonyl (C=O) groups excluding carboxylic acids is 1. The number of rotatable bonds is 7. The third-order valence-corrected chi connectivity index (χ3v) is 5.26. The summed E-state index contributed by atoms with van der Waals surface area (Å²) in [7, 11) is -3.71. The van der Waals surface area contributed by atoms with Gasteiger partial charge in [0.15, 0.2) is 0 Å². The van der Waals surface area contributed by atoms with Gasteiger partial charge in [-0.2, -0.15) is 5.10 Å². The van der Waals surface area contributed by atoms with E-state index >= 15 is 0 Å². The number of carbonyl (C=O) groups is 1. The Morgan fingerprint density at radius 3 is 2.48 bits per heavy atom. The van der Waals surface area contributed by atoms with E-state index in [0.717, 1.165) is 21.7 Å². The molecule has 0 aliphatic carbocycles.